The van der Waals surface area contributed by atoms with Crippen molar-refractivity contribution in [2.45, 2.75) is 36.7 Å². The molecule has 0 spiro atoms. The Morgan fingerprint density at radius 3 is 1.94 bits per heavy atom. The Labute approximate surface area is 227 Å². The fourth-order valence-electron chi connectivity index (χ4n) is 5.00. The molecule has 0 aliphatic heterocycles. The molecule has 1 heterocycles. The maximum atomic E-state index is 2.44. The molecule has 1 aromatic heterocycles. The number of allylic oxidation sites excluding steroid dienone is 5. The van der Waals surface area contributed by atoms with E-state index in [1.54, 1.807) is 8.84 Å². The second-order valence-corrected chi connectivity index (χ2v) is 13.3. The number of hydrogen-bond acceptors (Lipinski definition) is 0. The molecule has 1 atom stereocenters. The van der Waals surface area contributed by atoms with Gasteiger partial charge in [-0.2, -0.15) is 0 Å². The predicted molar refractivity (Wildman–Crippen MR) is 149 cm³/mol. The van der Waals surface area contributed by atoms with Crippen LogP contribution in [0.25, 0.3) is 11.8 Å². The van der Waals surface area contributed by atoms with E-state index in [2.05, 4.69) is 140 Å². The Balaban J connectivity index is 0.000000165. The molecule has 36 heavy (non-hydrogen) atoms. The number of fused-ring (bicyclic) bond motifs is 1. The van der Waals surface area contributed by atoms with Crippen molar-refractivity contribution in [3.05, 3.63) is 152 Å². The van der Waals surface area contributed by atoms with Gasteiger partial charge in [0.15, 0.2) is 0 Å². The van der Waals surface area contributed by atoms with Gasteiger partial charge in [-0.05, 0) is 24.0 Å². The van der Waals surface area contributed by atoms with Crippen molar-refractivity contribution in [3.63, 3.8) is 0 Å². The van der Waals surface area contributed by atoms with Crippen molar-refractivity contribution >= 4 is 11.8 Å². The van der Waals surface area contributed by atoms with Crippen LogP contribution in [0.15, 0.2) is 119 Å². The largest absolute Gasteiger partial charge is 0.0622 e. The molecule has 0 N–H and O–H groups in total. The first kappa shape index (κ1) is 24.7. The zero-order valence-electron chi connectivity index (χ0n) is 21.2. The van der Waals surface area contributed by atoms with E-state index < -0.39 is 23.2 Å². The minimum atomic E-state index is -0.669. The van der Waals surface area contributed by atoms with Crippen molar-refractivity contribution in [1.82, 2.24) is 4.57 Å². The van der Waals surface area contributed by atoms with Crippen LogP contribution in [0.2, 0.25) is 0 Å². The van der Waals surface area contributed by atoms with Gasteiger partial charge in [0, 0.05) is 0 Å². The van der Waals surface area contributed by atoms with Gasteiger partial charge in [0.2, 0.25) is 0 Å². The fourth-order valence-corrected chi connectivity index (χ4v) is 9.20. The van der Waals surface area contributed by atoms with Crippen molar-refractivity contribution in [2.24, 2.45) is 0 Å². The summed E-state index contributed by atoms with van der Waals surface area (Å²) < 4.78 is 4.67. The molecule has 0 radical (unpaired) electrons. The quantitative estimate of drug-likeness (QED) is 0.228. The Morgan fingerprint density at radius 1 is 0.750 bits per heavy atom. The zero-order valence-corrected chi connectivity index (χ0v) is 23.7. The van der Waals surface area contributed by atoms with E-state index in [0.717, 1.165) is 12.8 Å². The predicted octanol–water partition coefficient (Wildman–Crippen LogP) is 8.56. The molecule has 2 heteroatoms. The van der Waals surface area contributed by atoms with Gasteiger partial charge in [0.25, 0.3) is 0 Å². The van der Waals surface area contributed by atoms with Crippen molar-refractivity contribution in [3.8, 4) is 0 Å². The third-order valence-electron chi connectivity index (χ3n) is 6.99. The van der Waals surface area contributed by atoms with E-state index in [4.69, 9.17) is 0 Å². The molecule has 4 aromatic rings. The van der Waals surface area contributed by atoms with Crippen LogP contribution < -0.4 is 0 Å². The monoisotopic (exact) mass is 545 g/mol. The van der Waals surface area contributed by atoms with E-state index >= 15 is 0 Å². The average molecular weight is 547 g/mol. The third kappa shape index (κ3) is 5.88. The number of aryl methyl sites for hydroxylation is 4. The summed E-state index contributed by atoms with van der Waals surface area (Å²) >= 11 is -0.669. The molecule has 2 aliphatic carbocycles. The maximum Gasteiger partial charge on any atom is -0.0238 e. The topological polar surface area (TPSA) is 4.93 Å². The summed E-state index contributed by atoms with van der Waals surface area (Å²) in [4.78, 5) is 0. The normalized spacial score (nSPS) is 15.6. The van der Waals surface area contributed by atoms with Gasteiger partial charge in [-0.15, -0.1) is 0 Å². The summed E-state index contributed by atoms with van der Waals surface area (Å²) in [6.07, 6.45) is 17.2. The Bertz CT molecular complexity index is 1340. The SMILES string of the molecule is Cc1ccc(C)c2c1C=C(n1cccc1)[CH]2[Zr][C]1=CC=CC1.c1ccc(CCc2ccccc2)cc1. The Morgan fingerprint density at radius 2 is 1.36 bits per heavy atom. The first-order chi connectivity index (χ1) is 17.7. The molecule has 0 fully saturated rings. The van der Waals surface area contributed by atoms with Crippen LogP contribution in [0.5, 0.6) is 0 Å². The molecule has 2 aliphatic rings. The van der Waals surface area contributed by atoms with Gasteiger partial charge in [-0.3, -0.25) is 0 Å². The van der Waals surface area contributed by atoms with Crippen molar-refractivity contribution in [1.29, 1.82) is 0 Å². The summed E-state index contributed by atoms with van der Waals surface area (Å²) in [6.45, 7) is 4.52. The van der Waals surface area contributed by atoms with Gasteiger partial charge >= 0.3 is 144 Å². The zero-order chi connectivity index (χ0) is 24.7. The molecule has 6 rings (SSSR count). The molecule has 0 saturated heterocycles. The molecule has 0 bridgehead atoms. The van der Waals surface area contributed by atoms with Gasteiger partial charge in [0.1, 0.15) is 0 Å². The van der Waals surface area contributed by atoms with Gasteiger partial charge in [-0.1, -0.05) is 60.7 Å². The molecule has 0 amide bonds. The number of hydrogen-bond donors (Lipinski definition) is 0. The summed E-state index contributed by atoms with van der Waals surface area (Å²) in [5, 5.41) is 0. The summed E-state index contributed by atoms with van der Waals surface area (Å²) in [5.41, 5.74) is 10.2. The smallest absolute Gasteiger partial charge is 0.0238 e. The molecular weight excluding hydrogens is 514 g/mol. The first-order valence-electron chi connectivity index (χ1n) is 12.8. The van der Waals surface area contributed by atoms with Gasteiger partial charge in [-0.25, -0.2) is 0 Å². The van der Waals surface area contributed by atoms with E-state index in [1.807, 2.05) is 0 Å². The van der Waals surface area contributed by atoms with Crippen LogP contribution in [-0.2, 0) is 36.1 Å². The van der Waals surface area contributed by atoms with Crippen LogP contribution >= 0.6 is 0 Å². The Hall–Kier alpha value is -2.96. The minimum absolute atomic E-state index is 0.636. The molecular formula is C34H33NZr. The van der Waals surface area contributed by atoms with E-state index in [9.17, 15) is 0 Å². The van der Waals surface area contributed by atoms with Gasteiger partial charge in [0.05, 0.1) is 0 Å². The Kier molecular flexibility index (Phi) is 8.14. The van der Waals surface area contributed by atoms with Crippen LogP contribution in [0.1, 0.15) is 43.4 Å². The van der Waals surface area contributed by atoms with E-state index in [0.29, 0.717) is 3.63 Å². The molecule has 0 saturated carbocycles. The molecule has 3 aromatic carbocycles. The molecule has 178 valence electrons. The summed E-state index contributed by atoms with van der Waals surface area (Å²) in [5.74, 6) is 0. The average Bonchev–Trinajstić information content (AvgIpc) is 3.69. The number of nitrogens with zero attached hydrogens (tertiary/aromatic N) is 1. The van der Waals surface area contributed by atoms with Crippen LogP contribution in [0, 0.1) is 13.8 Å². The van der Waals surface area contributed by atoms with E-state index in [1.165, 1.54) is 39.9 Å². The van der Waals surface area contributed by atoms with E-state index in [-0.39, 0.29) is 0 Å². The second-order valence-electron chi connectivity index (χ2n) is 9.56. The summed E-state index contributed by atoms with van der Waals surface area (Å²) in [7, 11) is 0. The van der Waals surface area contributed by atoms with Gasteiger partial charge < -0.3 is 0 Å². The van der Waals surface area contributed by atoms with Crippen molar-refractivity contribution in [2.75, 3.05) is 0 Å². The standard InChI is InChI=1S/C15H14N.C14H14.C5H5.Zr/c1-11-5-6-12(2)15-10-13(9-14(11)15)16-7-3-4-8-16;1-3-7-13(8-4-1)11-12-14-9-5-2-6-10-14;1-2-4-5-3-1;/h3-10H,1-2H3;1-10H,11-12H2;1-3H,4H2;. The fraction of sp³-hybridized carbons (Fsp3) is 0.176. The number of rotatable bonds is 6. The number of aromatic nitrogens is 1. The van der Waals surface area contributed by atoms with Crippen molar-refractivity contribution < 1.29 is 23.2 Å². The third-order valence-corrected chi connectivity index (χ3v) is 11.0. The molecule has 1 nitrogen and oxygen atoms in total. The van der Waals surface area contributed by atoms with Crippen LogP contribution in [-0.4, -0.2) is 4.57 Å². The van der Waals surface area contributed by atoms with Crippen LogP contribution in [0.4, 0.5) is 0 Å². The number of benzene rings is 3. The second kappa shape index (κ2) is 11.9. The molecule has 1 unspecified atom stereocenters. The maximum absolute atomic E-state index is 2.44. The summed E-state index contributed by atoms with van der Waals surface area (Å²) in [6, 6.07) is 30.1. The van der Waals surface area contributed by atoms with Crippen LogP contribution in [0.3, 0.4) is 0 Å². The first-order valence-corrected chi connectivity index (χ1v) is 15.5. The minimum Gasteiger partial charge on any atom is -0.0622 e.